The first-order valence-corrected chi connectivity index (χ1v) is 7.93. The summed E-state index contributed by atoms with van der Waals surface area (Å²) in [6, 6.07) is 7.27. The third-order valence-electron chi connectivity index (χ3n) is 3.23. The molecule has 0 aliphatic rings. The van der Waals surface area contributed by atoms with Crippen LogP contribution in [0.5, 0.6) is 0 Å². The number of halogens is 1. The van der Waals surface area contributed by atoms with E-state index in [1.165, 1.54) is 6.42 Å². The summed E-state index contributed by atoms with van der Waals surface area (Å²) in [5.41, 5.74) is 6.78. The Bertz CT molecular complexity index is 503. The van der Waals surface area contributed by atoms with Crippen LogP contribution in [0.3, 0.4) is 0 Å². The summed E-state index contributed by atoms with van der Waals surface area (Å²) in [5, 5.41) is 6.56. The fourth-order valence-corrected chi connectivity index (χ4v) is 2.05. The van der Waals surface area contributed by atoms with Crippen molar-refractivity contribution in [2.45, 2.75) is 40.2 Å². The zero-order valence-electron chi connectivity index (χ0n) is 14.3. The van der Waals surface area contributed by atoms with Gasteiger partial charge < -0.3 is 16.4 Å². The Labute approximate surface area is 156 Å². The second-order valence-electron chi connectivity index (χ2n) is 5.72. The topological polar surface area (TPSA) is 79.5 Å². The molecule has 0 aliphatic heterocycles. The minimum Gasteiger partial charge on any atom is -0.366 e. The van der Waals surface area contributed by atoms with E-state index in [-0.39, 0.29) is 24.0 Å². The number of nitrogens with one attached hydrogen (secondary N) is 2. The maximum Gasteiger partial charge on any atom is 0.248 e. The number of rotatable bonds is 8. The predicted octanol–water partition coefficient (Wildman–Crippen LogP) is 2.89. The summed E-state index contributed by atoms with van der Waals surface area (Å²) in [7, 11) is 0. The van der Waals surface area contributed by atoms with Crippen LogP contribution < -0.4 is 16.4 Å². The van der Waals surface area contributed by atoms with Gasteiger partial charge in [0, 0.05) is 18.7 Å². The number of aliphatic imine (C=N–C) groups is 1. The minimum absolute atomic E-state index is 0. The van der Waals surface area contributed by atoms with Crippen LogP contribution in [0.15, 0.2) is 29.3 Å². The minimum atomic E-state index is -0.412. The lowest BCUT2D eigenvalue weighted by Crippen LogP contribution is -2.37. The largest absolute Gasteiger partial charge is 0.366 e. The van der Waals surface area contributed by atoms with E-state index in [4.69, 9.17) is 5.73 Å². The summed E-state index contributed by atoms with van der Waals surface area (Å²) in [6.07, 6.45) is 2.33. The number of primary amides is 1. The second-order valence-corrected chi connectivity index (χ2v) is 5.72. The van der Waals surface area contributed by atoms with Gasteiger partial charge in [-0.1, -0.05) is 26.0 Å². The summed E-state index contributed by atoms with van der Waals surface area (Å²) in [6.45, 7) is 8.73. The number of carbonyl (C=O) groups excluding carboxylic acids is 1. The number of nitrogens with zero attached hydrogens (tertiary/aromatic N) is 1. The first kappa shape index (κ1) is 21.7. The maximum absolute atomic E-state index is 11.2. The van der Waals surface area contributed by atoms with Gasteiger partial charge in [-0.2, -0.15) is 0 Å². The molecule has 23 heavy (non-hydrogen) atoms. The number of hydrogen-bond acceptors (Lipinski definition) is 2. The molecule has 0 saturated carbocycles. The van der Waals surface area contributed by atoms with Crippen LogP contribution in [-0.2, 0) is 6.54 Å². The summed E-state index contributed by atoms with van der Waals surface area (Å²) in [5.74, 6) is 1.11. The Hall–Kier alpha value is -1.31. The van der Waals surface area contributed by atoms with Crippen LogP contribution in [0.1, 0.15) is 49.5 Å². The molecule has 0 aliphatic carbocycles. The van der Waals surface area contributed by atoms with Crippen LogP contribution >= 0.6 is 24.0 Å². The first-order chi connectivity index (χ1) is 10.5. The number of amides is 1. The average molecular weight is 432 g/mol. The lowest BCUT2D eigenvalue weighted by molar-refractivity contribution is 0.1000. The monoisotopic (exact) mass is 432 g/mol. The second kappa shape index (κ2) is 12.2. The number of guanidine groups is 1. The van der Waals surface area contributed by atoms with Gasteiger partial charge in [-0.05, 0) is 43.4 Å². The molecule has 4 N–H and O–H groups in total. The van der Waals surface area contributed by atoms with Crippen LogP contribution in [0, 0.1) is 5.92 Å². The van der Waals surface area contributed by atoms with Crippen LogP contribution in [0.25, 0.3) is 0 Å². The van der Waals surface area contributed by atoms with Crippen molar-refractivity contribution >= 4 is 35.8 Å². The van der Waals surface area contributed by atoms with Crippen LogP contribution in [0.2, 0.25) is 0 Å². The van der Waals surface area contributed by atoms with Crippen molar-refractivity contribution in [3.63, 3.8) is 0 Å². The van der Waals surface area contributed by atoms with Crippen molar-refractivity contribution in [3.05, 3.63) is 35.4 Å². The molecule has 5 nitrogen and oxygen atoms in total. The average Bonchev–Trinajstić information content (AvgIpc) is 2.49. The van der Waals surface area contributed by atoms with Gasteiger partial charge in [-0.25, -0.2) is 4.99 Å². The number of hydrogen-bond donors (Lipinski definition) is 3. The SMILES string of the molecule is CCNC(=NCc1cccc(C(N)=O)c1)NCCCC(C)C.I. The van der Waals surface area contributed by atoms with Crippen molar-refractivity contribution in [2.24, 2.45) is 16.6 Å². The molecule has 0 atom stereocenters. The Kier molecular flexibility index (Phi) is 11.5. The number of benzene rings is 1. The molecule has 1 aromatic rings. The molecule has 130 valence electrons. The summed E-state index contributed by atoms with van der Waals surface area (Å²) >= 11 is 0. The molecule has 0 spiro atoms. The Morgan fingerprint density at radius 3 is 2.65 bits per heavy atom. The third-order valence-corrected chi connectivity index (χ3v) is 3.23. The van der Waals surface area contributed by atoms with Gasteiger partial charge in [0.25, 0.3) is 0 Å². The van der Waals surface area contributed by atoms with E-state index in [0.29, 0.717) is 12.1 Å². The highest BCUT2D eigenvalue weighted by molar-refractivity contribution is 14.0. The first-order valence-electron chi connectivity index (χ1n) is 7.93. The Morgan fingerprint density at radius 1 is 1.30 bits per heavy atom. The van der Waals surface area contributed by atoms with E-state index in [9.17, 15) is 4.79 Å². The molecule has 0 bridgehead atoms. The lowest BCUT2D eigenvalue weighted by atomic mass is 10.1. The molecule has 0 radical (unpaired) electrons. The summed E-state index contributed by atoms with van der Waals surface area (Å²) < 4.78 is 0. The highest BCUT2D eigenvalue weighted by Crippen LogP contribution is 2.06. The highest BCUT2D eigenvalue weighted by atomic mass is 127. The predicted molar refractivity (Wildman–Crippen MR) is 107 cm³/mol. The van der Waals surface area contributed by atoms with Crippen molar-refractivity contribution < 1.29 is 4.79 Å². The fourth-order valence-electron chi connectivity index (χ4n) is 2.05. The molecule has 6 heteroatoms. The maximum atomic E-state index is 11.2. The zero-order chi connectivity index (χ0) is 16.4. The van der Waals surface area contributed by atoms with Gasteiger partial charge in [0.2, 0.25) is 5.91 Å². The van der Waals surface area contributed by atoms with E-state index >= 15 is 0 Å². The third kappa shape index (κ3) is 9.43. The molecule has 1 aromatic carbocycles. The molecular formula is C17H29IN4O. The molecule has 0 saturated heterocycles. The standard InChI is InChI=1S/C17H28N4O.HI/c1-4-19-17(20-10-6-7-13(2)3)21-12-14-8-5-9-15(11-14)16(18)22;/h5,8-9,11,13H,4,6-7,10,12H2,1-3H3,(H2,18,22)(H2,19,20,21);1H. The molecule has 0 fully saturated rings. The van der Waals surface area contributed by atoms with Crippen molar-refractivity contribution in [1.29, 1.82) is 0 Å². The fraction of sp³-hybridized carbons (Fsp3) is 0.529. The molecular weight excluding hydrogens is 403 g/mol. The zero-order valence-corrected chi connectivity index (χ0v) is 16.6. The van der Waals surface area contributed by atoms with Gasteiger partial charge in [-0.3, -0.25) is 4.79 Å². The van der Waals surface area contributed by atoms with Crippen LogP contribution in [-0.4, -0.2) is 25.0 Å². The van der Waals surface area contributed by atoms with Gasteiger partial charge in [0.1, 0.15) is 0 Å². The van der Waals surface area contributed by atoms with Crippen molar-refractivity contribution in [1.82, 2.24) is 10.6 Å². The van der Waals surface area contributed by atoms with E-state index < -0.39 is 5.91 Å². The van der Waals surface area contributed by atoms with Gasteiger partial charge in [0.15, 0.2) is 5.96 Å². The Morgan fingerprint density at radius 2 is 2.04 bits per heavy atom. The Balaban J connectivity index is 0.00000484. The van der Waals surface area contributed by atoms with Gasteiger partial charge in [0.05, 0.1) is 6.54 Å². The molecule has 0 aromatic heterocycles. The van der Waals surface area contributed by atoms with Gasteiger partial charge >= 0.3 is 0 Å². The number of carbonyl (C=O) groups is 1. The molecule has 1 amide bonds. The highest BCUT2D eigenvalue weighted by Gasteiger charge is 2.02. The number of nitrogens with two attached hydrogens (primary N) is 1. The molecule has 0 heterocycles. The van der Waals surface area contributed by atoms with Crippen LogP contribution in [0.4, 0.5) is 0 Å². The normalized spacial score (nSPS) is 11.0. The quantitative estimate of drug-likeness (QED) is 0.256. The molecule has 0 unspecified atom stereocenters. The smallest absolute Gasteiger partial charge is 0.248 e. The lowest BCUT2D eigenvalue weighted by Gasteiger charge is -2.12. The molecule has 1 rings (SSSR count). The van der Waals surface area contributed by atoms with Crippen molar-refractivity contribution in [3.8, 4) is 0 Å². The summed E-state index contributed by atoms with van der Waals surface area (Å²) in [4.78, 5) is 15.7. The van der Waals surface area contributed by atoms with E-state index in [1.54, 1.807) is 12.1 Å². The van der Waals surface area contributed by atoms with E-state index in [0.717, 1.165) is 37.0 Å². The van der Waals surface area contributed by atoms with Gasteiger partial charge in [-0.15, -0.1) is 24.0 Å². The van der Waals surface area contributed by atoms with E-state index in [1.807, 2.05) is 19.1 Å². The van der Waals surface area contributed by atoms with Crippen molar-refractivity contribution in [2.75, 3.05) is 13.1 Å². The van der Waals surface area contributed by atoms with E-state index in [2.05, 4.69) is 29.5 Å².